The molecule has 2 fully saturated rings. The van der Waals surface area contributed by atoms with Crippen molar-refractivity contribution in [3.8, 4) is 0 Å². The Labute approximate surface area is 111 Å². The molecule has 6 heteroatoms. The van der Waals surface area contributed by atoms with Gasteiger partial charge in [0.2, 0.25) is 0 Å². The van der Waals surface area contributed by atoms with Gasteiger partial charge in [-0.1, -0.05) is 17.7 Å². The lowest BCUT2D eigenvalue weighted by atomic mass is 10.1. The van der Waals surface area contributed by atoms with Crippen molar-refractivity contribution in [3.63, 3.8) is 0 Å². The number of nitrogens with one attached hydrogen (secondary N) is 1. The number of halogens is 1. The first-order valence-electron chi connectivity index (χ1n) is 6.09. The molecule has 1 aromatic heterocycles. The van der Waals surface area contributed by atoms with Gasteiger partial charge in [-0.2, -0.15) is 0 Å². The van der Waals surface area contributed by atoms with E-state index in [1.165, 1.54) is 0 Å². The highest BCUT2D eigenvalue weighted by Crippen LogP contribution is 2.16. The third kappa shape index (κ3) is 2.28. The minimum absolute atomic E-state index is 0.0767. The molecule has 0 bridgehead atoms. The van der Waals surface area contributed by atoms with Crippen LogP contribution in [-0.4, -0.2) is 53.0 Å². The van der Waals surface area contributed by atoms with E-state index in [2.05, 4.69) is 15.2 Å². The Kier molecular flexibility index (Phi) is 3.09. The highest BCUT2D eigenvalue weighted by Gasteiger charge is 2.35. The number of carbonyl (C=O) groups excluding carboxylic acids is 1. The predicted molar refractivity (Wildman–Crippen MR) is 68.4 cm³/mol. The van der Waals surface area contributed by atoms with Gasteiger partial charge >= 0.3 is 6.03 Å². The summed E-state index contributed by atoms with van der Waals surface area (Å²) in [6.07, 6.45) is 1.81. The molecule has 0 aromatic carbocycles. The fourth-order valence-corrected chi connectivity index (χ4v) is 2.68. The molecule has 2 aliphatic rings. The average Bonchev–Trinajstić information content (AvgIpc) is 2.74. The quantitative estimate of drug-likeness (QED) is 0.811. The normalized spacial score (nSPS) is 23.9. The van der Waals surface area contributed by atoms with Crippen molar-refractivity contribution < 1.29 is 4.79 Å². The van der Waals surface area contributed by atoms with Crippen LogP contribution in [0.5, 0.6) is 0 Å². The first-order chi connectivity index (χ1) is 8.72. The van der Waals surface area contributed by atoms with E-state index in [9.17, 15) is 4.79 Å². The van der Waals surface area contributed by atoms with Crippen molar-refractivity contribution >= 4 is 17.6 Å². The van der Waals surface area contributed by atoms with E-state index >= 15 is 0 Å². The number of fused-ring (bicyclic) bond motifs is 1. The first-order valence-corrected chi connectivity index (χ1v) is 6.47. The molecule has 2 saturated heterocycles. The van der Waals surface area contributed by atoms with Crippen LogP contribution < -0.4 is 5.32 Å². The van der Waals surface area contributed by atoms with E-state index < -0.39 is 0 Å². The Morgan fingerprint density at radius 1 is 1.44 bits per heavy atom. The summed E-state index contributed by atoms with van der Waals surface area (Å²) in [6.45, 7) is 4.25. The van der Waals surface area contributed by atoms with Gasteiger partial charge in [0.25, 0.3) is 0 Å². The smallest absolute Gasteiger partial charge is 0.317 e. The molecule has 3 rings (SSSR count). The summed E-state index contributed by atoms with van der Waals surface area (Å²) in [5, 5.41) is 3.41. The van der Waals surface area contributed by atoms with Gasteiger partial charge in [0.15, 0.2) is 0 Å². The minimum Gasteiger partial charge on any atom is -0.336 e. The molecule has 0 radical (unpaired) electrons. The van der Waals surface area contributed by atoms with Crippen LogP contribution in [0.15, 0.2) is 18.3 Å². The second-order valence-electron chi connectivity index (χ2n) is 4.76. The standard InChI is InChI=1S/C12H15ClN4O/c13-11-2-1-9(5-14-11)7-16-3-4-17-10(8-16)6-15-12(17)18/h1-2,5,10H,3-4,6-8H2,(H,15,18). The topological polar surface area (TPSA) is 48.5 Å². The van der Waals surface area contributed by atoms with E-state index in [4.69, 9.17) is 11.6 Å². The molecule has 2 amide bonds. The summed E-state index contributed by atoms with van der Waals surface area (Å²) in [5.41, 5.74) is 1.16. The zero-order valence-corrected chi connectivity index (χ0v) is 10.7. The van der Waals surface area contributed by atoms with Gasteiger partial charge in [0.05, 0.1) is 6.04 Å². The Balaban J connectivity index is 1.62. The average molecular weight is 267 g/mol. The molecule has 3 heterocycles. The zero-order chi connectivity index (χ0) is 12.5. The minimum atomic E-state index is 0.0767. The monoisotopic (exact) mass is 266 g/mol. The predicted octanol–water partition coefficient (Wildman–Crippen LogP) is 0.944. The number of hydrogen-bond acceptors (Lipinski definition) is 3. The number of carbonyl (C=O) groups is 1. The van der Waals surface area contributed by atoms with Crippen LogP contribution in [0, 0.1) is 0 Å². The van der Waals surface area contributed by atoms with Crippen LogP contribution in [0.25, 0.3) is 0 Å². The summed E-state index contributed by atoms with van der Waals surface area (Å²) >= 11 is 5.77. The van der Waals surface area contributed by atoms with E-state index in [0.717, 1.165) is 38.3 Å². The molecule has 96 valence electrons. The van der Waals surface area contributed by atoms with Crippen LogP contribution in [-0.2, 0) is 6.54 Å². The molecular weight excluding hydrogens is 252 g/mol. The highest BCUT2D eigenvalue weighted by atomic mass is 35.5. The van der Waals surface area contributed by atoms with Crippen molar-refractivity contribution in [2.45, 2.75) is 12.6 Å². The number of pyridine rings is 1. The Bertz CT molecular complexity index is 450. The summed E-state index contributed by atoms with van der Waals surface area (Å²) in [4.78, 5) is 19.8. The second-order valence-corrected chi connectivity index (χ2v) is 5.14. The zero-order valence-electron chi connectivity index (χ0n) is 9.97. The molecule has 1 N–H and O–H groups in total. The van der Waals surface area contributed by atoms with Crippen molar-refractivity contribution in [3.05, 3.63) is 29.0 Å². The fourth-order valence-electron chi connectivity index (χ4n) is 2.57. The first kappa shape index (κ1) is 11.7. The van der Waals surface area contributed by atoms with Crippen LogP contribution in [0.4, 0.5) is 4.79 Å². The summed E-state index contributed by atoms with van der Waals surface area (Å²) in [5.74, 6) is 0. The maximum Gasteiger partial charge on any atom is 0.317 e. The van der Waals surface area contributed by atoms with E-state index in [0.29, 0.717) is 11.2 Å². The largest absolute Gasteiger partial charge is 0.336 e. The summed E-state index contributed by atoms with van der Waals surface area (Å²) < 4.78 is 0. The molecule has 0 spiro atoms. The maximum absolute atomic E-state index is 11.5. The van der Waals surface area contributed by atoms with Gasteiger partial charge in [-0.05, 0) is 11.6 Å². The number of rotatable bonds is 2. The van der Waals surface area contributed by atoms with Crippen LogP contribution in [0.3, 0.4) is 0 Å². The van der Waals surface area contributed by atoms with Crippen LogP contribution in [0.1, 0.15) is 5.56 Å². The highest BCUT2D eigenvalue weighted by molar-refractivity contribution is 6.29. The Hall–Kier alpha value is -1.33. The Morgan fingerprint density at radius 2 is 2.33 bits per heavy atom. The summed E-state index contributed by atoms with van der Waals surface area (Å²) in [6, 6.07) is 4.20. The third-order valence-corrected chi connectivity index (χ3v) is 3.74. The lowest BCUT2D eigenvalue weighted by molar-refractivity contribution is 0.116. The van der Waals surface area contributed by atoms with E-state index in [1.807, 2.05) is 23.2 Å². The van der Waals surface area contributed by atoms with Crippen molar-refractivity contribution in [2.24, 2.45) is 0 Å². The lowest BCUT2D eigenvalue weighted by Crippen LogP contribution is -2.51. The van der Waals surface area contributed by atoms with E-state index in [1.54, 1.807) is 0 Å². The number of amides is 2. The number of piperazine rings is 1. The Morgan fingerprint density at radius 3 is 3.11 bits per heavy atom. The van der Waals surface area contributed by atoms with Crippen molar-refractivity contribution in [1.29, 1.82) is 0 Å². The number of hydrogen-bond donors (Lipinski definition) is 1. The number of urea groups is 1. The molecule has 1 atom stereocenters. The molecule has 0 aliphatic carbocycles. The fraction of sp³-hybridized carbons (Fsp3) is 0.500. The molecule has 1 aromatic rings. The van der Waals surface area contributed by atoms with Gasteiger partial charge in [-0.3, -0.25) is 4.90 Å². The number of aromatic nitrogens is 1. The molecule has 2 aliphatic heterocycles. The molecule has 18 heavy (non-hydrogen) atoms. The summed E-state index contributed by atoms with van der Waals surface area (Å²) in [7, 11) is 0. The molecule has 5 nitrogen and oxygen atoms in total. The van der Waals surface area contributed by atoms with Gasteiger partial charge in [0, 0.05) is 38.9 Å². The maximum atomic E-state index is 11.5. The molecular formula is C12H15ClN4O. The van der Waals surface area contributed by atoms with Crippen LogP contribution in [0.2, 0.25) is 5.15 Å². The second kappa shape index (κ2) is 4.74. The number of nitrogens with zero attached hydrogens (tertiary/aromatic N) is 3. The van der Waals surface area contributed by atoms with Crippen molar-refractivity contribution in [2.75, 3.05) is 26.2 Å². The molecule has 0 saturated carbocycles. The van der Waals surface area contributed by atoms with E-state index in [-0.39, 0.29) is 6.03 Å². The SMILES string of the molecule is O=C1NCC2CN(Cc3ccc(Cl)nc3)CCN12. The van der Waals surface area contributed by atoms with Crippen molar-refractivity contribution in [1.82, 2.24) is 20.1 Å². The van der Waals surface area contributed by atoms with Gasteiger partial charge in [-0.15, -0.1) is 0 Å². The van der Waals surface area contributed by atoms with Crippen LogP contribution >= 0.6 is 11.6 Å². The van der Waals surface area contributed by atoms with Gasteiger partial charge in [0.1, 0.15) is 5.15 Å². The van der Waals surface area contributed by atoms with Gasteiger partial charge in [-0.25, -0.2) is 9.78 Å². The lowest BCUT2D eigenvalue weighted by Gasteiger charge is -2.36. The molecule has 1 unspecified atom stereocenters. The third-order valence-electron chi connectivity index (χ3n) is 3.51. The van der Waals surface area contributed by atoms with Gasteiger partial charge < -0.3 is 10.2 Å².